The average Bonchev–Trinajstić information content (AvgIpc) is 2.32. The minimum atomic E-state index is -0.582. The summed E-state index contributed by atoms with van der Waals surface area (Å²) in [7, 11) is 0. The second-order valence-electron chi connectivity index (χ2n) is 4.32. The molecule has 17 heavy (non-hydrogen) atoms. The van der Waals surface area contributed by atoms with Crippen molar-refractivity contribution in [2.45, 2.75) is 31.8 Å². The van der Waals surface area contributed by atoms with E-state index in [1.54, 1.807) is 0 Å². The van der Waals surface area contributed by atoms with Crippen molar-refractivity contribution in [1.82, 2.24) is 15.6 Å². The van der Waals surface area contributed by atoms with Crippen LogP contribution in [0.3, 0.4) is 0 Å². The molecule has 2 heterocycles. The number of pyridine rings is 1. The van der Waals surface area contributed by atoms with Gasteiger partial charge in [-0.3, -0.25) is 9.78 Å². The molecule has 1 aliphatic rings. The van der Waals surface area contributed by atoms with Gasteiger partial charge in [-0.05, 0) is 32.4 Å². The molecule has 2 rings (SSSR count). The van der Waals surface area contributed by atoms with Crippen molar-refractivity contribution in [3.05, 3.63) is 29.8 Å². The lowest BCUT2D eigenvalue weighted by atomic mass is 9.99. The number of hydrogen-bond donors (Lipinski definition) is 2. The molecule has 92 valence electrons. The molecule has 1 aliphatic heterocycles. The number of carbonyl (C=O) groups excluding carboxylic acids is 1. The van der Waals surface area contributed by atoms with Crippen molar-refractivity contribution in [2.75, 3.05) is 6.54 Å². The van der Waals surface area contributed by atoms with E-state index in [-0.39, 0.29) is 23.6 Å². The van der Waals surface area contributed by atoms with Gasteiger partial charge >= 0.3 is 0 Å². The average molecular weight is 237 g/mol. The minimum absolute atomic E-state index is 0.0535. The molecule has 4 nitrogen and oxygen atoms in total. The lowest BCUT2D eigenvalue weighted by Gasteiger charge is -2.30. The molecule has 0 aromatic carbocycles. The Morgan fingerprint density at radius 3 is 3.18 bits per heavy atom. The summed E-state index contributed by atoms with van der Waals surface area (Å²) in [4.78, 5) is 15.5. The second-order valence-corrected chi connectivity index (χ2v) is 4.32. The molecule has 0 spiro atoms. The van der Waals surface area contributed by atoms with Crippen LogP contribution < -0.4 is 10.6 Å². The fourth-order valence-corrected chi connectivity index (χ4v) is 2.05. The largest absolute Gasteiger partial charge is 0.348 e. The Morgan fingerprint density at radius 2 is 2.47 bits per heavy atom. The molecule has 2 N–H and O–H groups in total. The van der Waals surface area contributed by atoms with Crippen molar-refractivity contribution in [2.24, 2.45) is 0 Å². The summed E-state index contributed by atoms with van der Waals surface area (Å²) in [5.41, 5.74) is 0.0535. The van der Waals surface area contributed by atoms with Crippen LogP contribution in [0.5, 0.6) is 0 Å². The zero-order valence-electron chi connectivity index (χ0n) is 9.74. The summed E-state index contributed by atoms with van der Waals surface area (Å²) >= 11 is 0. The number of carbonyl (C=O) groups is 1. The fourth-order valence-electron chi connectivity index (χ4n) is 2.05. The van der Waals surface area contributed by atoms with E-state index in [1.165, 1.54) is 12.3 Å². The van der Waals surface area contributed by atoms with Gasteiger partial charge in [-0.15, -0.1) is 0 Å². The van der Waals surface area contributed by atoms with E-state index in [0.717, 1.165) is 25.6 Å². The molecule has 1 aromatic rings. The lowest BCUT2D eigenvalue weighted by Crippen LogP contribution is -2.52. The third kappa shape index (κ3) is 2.79. The zero-order valence-corrected chi connectivity index (χ0v) is 9.74. The van der Waals surface area contributed by atoms with Gasteiger partial charge in [-0.2, -0.15) is 0 Å². The molecule has 1 amide bonds. The summed E-state index contributed by atoms with van der Waals surface area (Å²) in [5.74, 6) is -0.952. The third-order valence-corrected chi connectivity index (χ3v) is 3.10. The molecule has 5 heteroatoms. The van der Waals surface area contributed by atoms with E-state index < -0.39 is 5.82 Å². The number of halogens is 1. The summed E-state index contributed by atoms with van der Waals surface area (Å²) in [6, 6.07) is 1.67. The highest BCUT2D eigenvalue weighted by Gasteiger charge is 2.23. The van der Waals surface area contributed by atoms with E-state index in [0.29, 0.717) is 0 Å². The molecule has 2 atom stereocenters. The molecule has 0 saturated carbocycles. The van der Waals surface area contributed by atoms with Gasteiger partial charge in [0.2, 0.25) is 0 Å². The van der Waals surface area contributed by atoms with Crippen LogP contribution in [0.1, 0.15) is 30.1 Å². The van der Waals surface area contributed by atoms with Crippen LogP contribution in [0.25, 0.3) is 0 Å². The summed E-state index contributed by atoms with van der Waals surface area (Å²) in [6.45, 7) is 2.99. The van der Waals surface area contributed by atoms with Gasteiger partial charge in [0.15, 0.2) is 5.82 Å². The minimum Gasteiger partial charge on any atom is -0.348 e. The normalized spacial score (nSPS) is 24.4. The van der Waals surface area contributed by atoms with Crippen molar-refractivity contribution in [1.29, 1.82) is 0 Å². The van der Waals surface area contributed by atoms with Crippen LogP contribution in [0.4, 0.5) is 4.39 Å². The molecule has 0 aliphatic carbocycles. The molecule has 2 unspecified atom stereocenters. The molecule has 1 fully saturated rings. The van der Waals surface area contributed by atoms with Crippen molar-refractivity contribution >= 4 is 5.91 Å². The van der Waals surface area contributed by atoms with Crippen LogP contribution in [-0.2, 0) is 0 Å². The van der Waals surface area contributed by atoms with E-state index >= 15 is 0 Å². The molecule has 0 radical (unpaired) electrons. The highest BCUT2D eigenvalue weighted by molar-refractivity contribution is 5.94. The van der Waals surface area contributed by atoms with Gasteiger partial charge in [-0.1, -0.05) is 0 Å². The van der Waals surface area contributed by atoms with Crippen molar-refractivity contribution < 1.29 is 9.18 Å². The van der Waals surface area contributed by atoms with E-state index in [9.17, 15) is 9.18 Å². The number of piperidine rings is 1. The highest BCUT2D eigenvalue weighted by atomic mass is 19.1. The maximum absolute atomic E-state index is 13.4. The first-order chi connectivity index (χ1) is 8.18. The van der Waals surface area contributed by atoms with Crippen LogP contribution in [0, 0.1) is 5.82 Å². The maximum atomic E-state index is 13.4. The van der Waals surface area contributed by atoms with E-state index in [2.05, 4.69) is 15.6 Å². The van der Waals surface area contributed by atoms with Crippen molar-refractivity contribution in [3.8, 4) is 0 Å². The quantitative estimate of drug-likeness (QED) is 0.809. The van der Waals surface area contributed by atoms with Crippen LogP contribution in [0.15, 0.2) is 18.5 Å². The third-order valence-electron chi connectivity index (χ3n) is 3.10. The first-order valence-electron chi connectivity index (χ1n) is 5.82. The zero-order chi connectivity index (χ0) is 12.3. The number of nitrogens with one attached hydrogen (secondary N) is 2. The highest BCUT2D eigenvalue weighted by Crippen LogP contribution is 2.10. The first kappa shape index (κ1) is 12.0. The molecule has 1 saturated heterocycles. The predicted molar refractivity (Wildman–Crippen MR) is 62.1 cm³/mol. The van der Waals surface area contributed by atoms with Crippen LogP contribution >= 0.6 is 0 Å². The summed E-state index contributed by atoms with van der Waals surface area (Å²) in [6.07, 6.45) is 4.42. The summed E-state index contributed by atoms with van der Waals surface area (Å²) in [5, 5.41) is 6.14. The lowest BCUT2D eigenvalue weighted by molar-refractivity contribution is 0.0915. The van der Waals surface area contributed by atoms with Gasteiger partial charge in [0, 0.05) is 18.3 Å². The standard InChI is InChI=1S/C12H16FN3O/c1-8-11(3-2-5-15-8)16-12(17)9-4-6-14-7-10(9)13/h4,6-8,11,15H,2-3,5H2,1H3,(H,16,17). The Bertz CT molecular complexity index is 410. The second kappa shape index (κ2) is 5.23. The van der Waals surface area contributed by atoms with Gasteiger partial charge in [0.1, 0.15) is 0 Å². The molecule has 0 bridgehead atoms. The maximum Gasteiger partial charge on any atom is 0.254 e. The topological polar surface area (TPSA) is 54.0 Å². The van der Waals surface area contributed by atoms with Gasteiger partial charge in [0.05, 0.1) is 11.8 Å². The number of hydrogen-bond acceptors (Lipinski definition) is 3. The number of nitrogens with zero attached hydrogens (tertiary/aromatic N) is 1. The Hall–Kier alpha value is -1.49. The van der Waals surface area contributed by atoms with Gasteiger partial charge in [0.25, 0.3) is 5.91 Å². The van der Waals surface area contributed by atoms with Crippen LogP contribution in [0.2, 0.25) is 0 Å². The number of rotatable bonds is 2. The Balaban J connectivity index is 2.04. The number of amides is 1. The predicted octanol–water partition coefficient (Wildman–Crippen LogP) is 1.09. The van der Waals surface area contributed by atoms with Gasteiger partial charge in [-0.25, -0.2) is 4.39 Å². The van der Waals surface area contributed by atoms with E-state index in [4.69, 9.17) is 0 Å². The first-order valence-corrected chi connectivity index (χ1v) is 5.82. The van der Waals surface area contributed by atoms with E-state index in [1.807, 2.05) is 6.92 Å². The Kier molecular flexibility index (Phi) is 3.68. The molecule has 1 aromatic heterocycles. The Morgan fingerprint density at radius 1 is 1.65 bits per heavy atom. The van der Waals surface area contributed by atoms with Crippen molar-refractivity contribution in [3.63, 3.8) is 0 Å². The Labute approximate surface area is 99.6 Å². The van der Waals surface area contributed by atoms with Crippen LogP contribution in [-0.4, -0.2) is 29.5 Å². The van der Waals surface area contributed by atoms with Gasteiger partial charge < -0.3 is 10.6 Å². The molecular weight excluding hydrogens is 221 g/mol. The fraction of sp³-hybridized carbons (Fsp3) is 0.500. The monoisotopic (exact) mass is 237 g/mol. The number of aromatic nitrogens is 1. The summed E-state index contributed by atoms with van der Waals surface area (Å²) < 4.78 is 13.4. The smallest absolute Gasteiger partial charge is 0.254 e. The molecular formula is C12H16FN3O. The SMILES string of the molecule is CC1NCCCC1NC(=O)c1ccncc1F.